The Bertz CT molecular complexity index is 397. The summed E-state index contributed by atoms with van der Waals surface area (Å²) in [6, 6.07) is 0.306. The summed E-state index contributed by atoms with van der Waals surface area (Å²) in [5, 5.41) is 2.91. The fourth-order valence-corrected chi connectivity index (χ4v) is 2.63. The van der Waals surface area contributed by atoms with Crippen LogP contribution in [0.5, 0.6) is 0 Å². The topological polar surface area (TPSA) is 44.7 Å². The van der Waals surface area contributed by atoms with Crippen molar-refractivity contribution in [3.63, 3.8) is 0 Å². The van der Waals surface area contributed by atoms with E-state index in [0.717, 1.165) is 25.3 Å². The van der Waals surface area contributed by atoms with E-state index in [2.05, 4.69) is 36.0 Å². The van der Waals surface area contributed by atoms with E-state index < -0.39 is 0 Å². The minimum Gasteiger partial charge on any atom is -0.356 e. The van der Waals surface area contributed by atoms with Gasteiger partial charge in [-0.15, -0.1) is 0 Å². The standard InChI is InChI=1S/C13H21N3O/c1-8-9(2)15-10(3)16-7-12(5-13(8)16)6-14-11(4)17/h9,12H,5-7H2,1-4H3,(H,14,17)/t9-,12?/m0/s1. The minimum atomic E-state index is 0.0549. The highest BCUT2D eigenvalue weighted by atomic mass is 16.1. The van der Waals surface area contributed by atoms with Gasteiger partial charge in [0.25, 0.3) is 0 Å². The number of aliphatic imine (C=N–C) groups is 1. The number of nitrogens with zero attached hydrogens (tertiary/aromatic N) is 2. The minimum absolute atomic E-state index is 0.0549. The van der Waals surface area contributed by atoms with Crippen molar-refractivity contribution >= 4 is 11.7 Å². The summed E-state index contributed by atoms with van der Waals surface area (Å²) in [6.45, 7) is 9.71. The number of amidine groups is 1. The zero-order valence-electron chi connectivity index (χ0n) is 11.1. The largest absolute Gasteiger partial charge is 0.356 e. The van der Waals surface area contributed by atoms with Crippen molar-refractivity contribution < 1.29 is 4.79 Å². The van der Waals surface area contributed by atoms with Crippen molar-refractivity contribution in [2.75, 3.05) is 13.1 Å². The van der Waals surface area contributed by atoms with Crippen LogP contribution in [0.15, 0.2) is 16.3 Å². The van der Waals surface area contributed by atoms with Gasteiger partial charge in [0, 0.05) is 25.7 Å². The molecule has 1 amide bonds. The lowest BCUT2D eigenvalue weighted by Crippen LogP contribution is -2.33. The van der Waals surface area contributed by atoms with E-state index >= 15 is 0 Å². The molecule has 0 spiro atoms. The molecule has 0 radical (unpaired) electrons. The van der Waals surface area contributed by atoms with Crippen LogP contribution in [-0.2, 0) is 4.79 Å². The Morgan fingerprint density at radius 3 is 2.88 bits per heavy atom. The van der Waals surface area contributed by atoms with Gasteiger partial charge in [0.2, 0.25) is 5.91 Å². The molecule has 4 nitrogen and oxygen atoms in total. The monoisotopic (exact) mass is 235 g/mol. The van der Waals surface area contributed by atoms with Crippen molar-refractivity contribution in [3.8, 4) is 0 Å². The average Bonchev–Trinajstić information content (AvgIpc) is 2.68. The van der Waals surface area contributed by atoms with Crippen LogP contribution >= 0.6 is 0 Å². The van der Waals surface area contributed by atoms with E-state index in [-0.39, 0.29) is 5.91 Å². The third-order valence-corrected chi connectivity index (χ3v) is 3.74. The number of carbonyl (C=O) groups excluding carboxylic acids is 1. The van der Waals surface area contributed by atoms with Gasteiger partial charge in [-0.1, -0.05) is 0 Å². The Labute approximate surface area is 103 Å². The van der Waals surface area contributed by atoms with E-state index in [1.165, 1.54) is 11.3 Å². The first-order chi connectivity index (χ1) is 7.99. The lowest BCUT2D eigenvalue weighted by atomic mass is 10.0. The Hall–Kier alpha value is -1.32. The Kier molecular flexibility index (Phi) is 3.22. The molecule has 2 aliphatic rings. The molecule has 94 valence electrons. The van der Waals surface area contributed by atoms with Crippen LogP contribution in [0.3, 0.4) is 0 Å². The number of amides is 1. The molecule has 2 rings (SSSR count). The summed E-state index contributed by atoms with van der Waals surface area (Å²) in [7, 11) is 0. The van der Waals surface area contributed by atoms with Gasteiger partial charge in [0.15, 0.2) is 0 Å². The molecule has 0 saturated carbocycles. The third-order valence-electron chi connectivity index (χ3n) is 3.74. The first-order valence-electron chi connectivity index (χ1n) is 6.25. The second-order valence-corrected chi connectivity index (χ2v) is 5.10. The van der Waals surface area contributed by atoms with Crippen molar-refractivity contribution in [1.82, 2.24) is 10.2 Å². The van der Waals surface area contributed by atoms with Crippen LogP contribution in [0.25, 0.3) is 0 Å². The fraction of sp³-hybridized carbons (Fsp3) is 0.692. The zero-order chi connectivity index (χ0) is 12.6. The van der Waals surface area contributed by atoms with Crippen LogP contribution in [0.4, 0.5) is 0 Å². The molecule has 2 heterocycles. The van der Waals surface area contributed by atoms with Crippen molar-refractivity contribution in [3.05, 3.63) is 11.3 Å². The lowest BCUT2D eigenvalue weighted by molar-refractivity contribution is -0.119. The van der Waals surface area contributed by atoms with Gasteiger partial charge >= 0.3 is 0 Å². The summed E-state index contributed by atoms with van der Waals surface area (Å²) in [5.74, 6) is 1.68. The number of carbonyl (C=O) groups is 1. The van der Waals surface area contributed by atoms with Gasteiger partial charge in [-0.3, -0.25) is 9.79 Å². The Morgan fingerprint density at radius 1 is 1.53 bits per heavy atom. The van der Waals surface area contributed by atoms with E-state index in [0.29, 0.717) is 12.0 Å². The number of rotatable bonds is 2. The summed E-state index contributed by atoms with van der Waals surface area (Å²) >= 11 is 0. The molecule has 4 heteroatoms. The molecule has 2 atom stereocenters. The molecule has 1 N–H and O–H groups in total. The highest BCUT2D eigenvalue weighted by Crippen LogP contribution is 2.33. The van der Waals surface area contributed by atoms with E-state index in [1.807, 2.05) is 0 Å². The molecular weight excluding hydrogens is 214 g/mol. The molecule has 0 bridgehead atoms. The third kappa shape index (κ3) is 2.35. The Morgan fingerprint density at radius 2 is 2.24 bits per heavy atom. The summed E-state index contributed by atoms with van der Waals surface area (Å²) in [4.78, 5) is 17.9. The first kappa shape index (κ1) is 12.1. The maximum Gasteiger partial charge on any atom is 0.216 e. The quantitative estimate of drug-likeness (QED) is 0.789. The smallest absolute Gasteiger partial charge is 0.216 e. The zero-order valence-corrected chi connectivity index (χ0v) is 11.1. The molecule has 17 heavy (non-hydrogen) atoms. The number of hydrogen-bond acceptors (Lipinski definition) is 3. The lowest BCUT2D eigenvalue weighted by Gasteiger charge is -2.28. The number of fused-ring (bicyclic) bond motifs is 1. The first-order valence-corrected chi connectivity index (χ1v) is 6.25. The molecule has 0 aliphatic carbocycles. The number of allylic oxidation sites excluding steroid dienone is 1. The molecule has 0 aromatic heterocycles. The predicted molar refractivity (Wildman–Crippen MR) is 68.8 cm³/mol. The second kappa shape index (κ2) is 4.51. The van der Waals surface area contributed by atoms with Crippen LogP contribution in [0.1, 0.15) is 34.1 Å². The number of nitrogens with one attached hydrogen (secondary N) is 1. The van der Waals surface area contributed by atoms with Gasteiger partial charge in [0.1, 0.15) is 5.84 Å². The Balaban J connectivity index is 2.08. The molecule has 1 fully saturated rings. The maximum absolute atomic E-state index is 10.9. The van der Waals surface area contributed by atoms with Crippen molar-refractivity contribution in [2.24, 2.45) is 10.9 Å². The maximum atomic E-state index is 10.9. The van der Waals surface area contributed by atoms with Gasteiger partial charge in [-0.25, -0.2) is 0 Å². The van der Waals surface area contributed by atoms with Crippen LogP contribution < -0.4 is 5.32 Å². The normalized spacial score (nSPS) is 28.0. The highest BCUT2D eigenvalue weighted by Gasteiger charge is 2.32. The second-order valence-electron chi connectivity index (χ2n) is 5.10. The molecule has 1 unspecified atom stereocenters. The van der Waals surface area contributed by atoms with Crippen molar-refractivity contribution in [2.45, 2.75) is 40.2 Å². The van der Waals surface area contributed by atoms with Gasteiger partial charge in [-0.05, 0) is 38.7 Å². The predicted octanol–water partition coefficient (Wildman–Crippen LogP) is 1.54. The van der Waals surface area contributed by atoms with Crippen LogP contribution in [-0.4, -0.2) is 35.8 Å². The van der Waals surface area contributed by atoms with Crippen LogP contribution in [0, 0.1) is 5.92 Å². The average molecular weight is 235 g/mol. The molecular formula is C13H21N3O. The summed E-state index contributed by atoms with van der Waals surface area (Å²) in [6.07, 6.45) is 1.06. The molecule has 0 aromatic carbocycles. The molecule has 1 saturated heterocycles. The fourth-order valence-electron chi connectivity index (χ4n) is 2.63. The van der Waals surface area contributed by atoms with Crippen molar-refractivity contribution in [1.29, 1.82) is 0 Å². The van der Waals surface area contributed by atoms with Gasteiger partial charge in [0.05, 0.1) is 6.04 Å². The van der Waals surface area contributed by atoms with Gasteiger partial charge < -0.3 is 10.2 Å². The summed E-state index contributed by atoms with van der Waals surface area (Å²) in [5.41, 5.74) is 2.79. The summed E-state index contributed by atoms with van der Waals surface area (Å²) < 4.78 is 0. The van der Waals surface area contributed by atoms with Crippen LogP contribution in [0.2, 0.25) is 0 Å². The molecule has 2 aliphatic heterocycles. The SMILES string of the molecule is CC(=O)NCC1CC2=C(C)[C@H](C)N=C(C)N2C1. The number of hydrogen-bond donors (Lipinski definition) is 1. The van der Waals surface area contributed by atoms with E-state index in [9.17, 15) is 4.79 Å². The van der Waals surface area contributed by atoms with E-state index in [4.69, 9.17) is 0 Å². The van der Waals surface area contributed by atoms with Gasteiger partial charge in [-0.2, -0.15) is 0 Å². The highest BCUT2D eigenvalue weighted by molar-refractivity contribution is 5.83. The molecule has 0 aromatic rings. The van der Waals surface area contributed by atoms with E-state index in [1.54, 1.807) is 6.92 Å².